The topological polar surface area (TPSA) is 97.6 Å². The molecule has 7 nitrogen and oxygen atoms in total. The second-order valence-corrected chi connectivity index (χ2v) is 9.09. The van der Waals surface area contributed by atoms with Crippen LogP contribution in [0.25, 0.3) is 0 Å². The van der Waals surface area contributed by atoms with Crippen LogP contribution in [-0.2, 0) is 16.0 Å². The van der Waals surface area contributed by atoms with Crippen molar-refractivity contribution in [3.63, 3.8) is 0 Å². The number of primary amides is 1. The summed E-state index contributed by atoms with van der Waals surface area (Å²) in [5, 5.41) is 2.93. The Bertz CT molecular complexity index is 645. The van der Waals surface area contributed by atoms with Crippen LogP contribution in [0.3, 0.4) is 0 Å². The normalized spacial score (nSPS) is 18.8. The Morgan fingerprint density at radius 3 is 2.86 bits per heavy atom. The van der Waals surface area contributed by atoms with Crippen LogP contribution in [0.5, 0.6) is 0 Å². The smallest absolute Gasteiger partial charge is 0.407 e. The predicted molar refractivity (Wildman–Crippen MR) is 113 cm³/mol. The lowest BCUT2D eigenvalue weighted by Crippen LogP contribution is -2.43. The van der Waals surface area contributed by atoms with Crippen LogP contribution in [0.2, 0.25) is 0 Å². The lowest BCUT2D eigenvalue weighted by atomic mass is 9.91. The molecule has 0 bridgehead atoms. The molecule has 2 heterocycles. The number of hydrogen-bond acceptors (Lipinski definition) is 5. The summed E-state index contributed by atoms with van der Waals surface area (Å²) in [5.74, 6) is 0.536. The van der Waals surface area contributed by atoms with Crippen molar-refractivity contribution in [1.82, 2.24) is 15.2 Å². The molecule has 1 aliphatic rings. The van der Waals surface area contributed by atoms with Crippen LogP contribution >= 0.6 is 0 Å². The van der Waals surface area contributed by atoms with Gasteiger partial charge < -0.3 is 20.7 Å². The molecule has 162 valence electrons. The number of aromatic nitrogens is 1. The molecule has 29 heavy (non-hydrogen) atoms. The highest BCUT2D eigenvalue weighted by Gasteiger charge is 2.24. The fraction of sp³-hybridized carbons (Fsp3) is 0.682. The van der Waals surface area contributed by atoms with Crippen molar-refractivity contribution < 1.29 is 14.3 Å². The molecule has 0 unspecified atom stereocenters. The zero-order chi connectivity index (χ0) is 21.3. The van der Waals surface area contributed by atoms with E-state index in [4.69, 9.17) is 10.5 Å². The second-order valence-electron chi connectivity index (χ2n) is 9.09. The van der Waals surface area contributed by atoms with E-state index in [0.717, 1.165) is 50.9 Å². The third-order valence-corrected chi connectivity index (χ3v) is 5.10. The molecule has 2 rings (SSSR count). The van der Waals surface area contributed by atoms with E-state index in [1.807, 2.05) is 33.0 Å². The molecule has 0 spiro atoms. The molecule has 1 aliphatic heterocycles. The first-order chi connectivity index (χ1) is 13.7. The number of likely N-dealkylation sites (tertiary alicyclic amines) is 1. The van der Waals surface area contributed by atoms with Crippen LogP contribution in [-0.4, -0.2) is 53.7 Å². The molecule has 1 fully saturated rings. The predicted octanol–water partition coefficient (Wildman–Crippen LogP) is 2.74. The minimum Gasteiger partial charge on any atom is -0.444 e. The molecule has 7 heteroatoms. The summed E-state index contributed by atoms with van der Waals surface area (Å²) in [4.78, 5) is 29.9. The van der Waals surface area contributed by atoms with E-state index >= 15 is 0 Å². The Morgan fingerprint density at radius 2 is 2.21 bits per heavy atom. The van der Waals surface area contributed by atoms with E-state index in [-0.39, 0.29) is 17.9 Å². The maximum absolute atomic E-state index is 12.1. The summed E-state index contributed by atoms with van der Waals surface area (Å²) in [6.45, 7) is 9.04. The first-order valence-electron chi connectivity index (χ1n) is 10.6. The van der Waals surface area contributed by atoms with Gasteiger partial charge in [-0.2, -0.15) is 0 Å². The molecule has 2 amide bonds. The average molecular weight is 405 g/mol. The van der Waals surface area contributed by atoms with E-state index in [9.17, 15) is 9.59 Å². The van der Waals surface area contributed by atoms with Gasteiger partial charge in [-0.1, -0.05) is 6.07 Å². The van der Waals surface area contributed by atoms with Crippen molar-refractivity contribution in [2.75, 3.05) is 26.2 Å². The maximum Gasteiger partial charge on any atom is 0.407 e. The maximum atomic E-state index is 12.1. The number of carbonyl (C=O) groups is 2. The quantitative estimate of drug-likeness (QED) is 0.659. The summed E-state index contributed by atoms with van der Waals surface area (Å²) < 4.78 is 5.38. The molecule has 2 atom stereocenters. The Kier molecular flexibility index (Phi) is 8.89. The fourth-order valence-corrected chi connectivity index (χ4v) is 3.86. The molecule has 3 N–H and O–H groups in total. The number of hydrogen-bond donors (Lipinski definition) is 2. The first-order valence-corrected chi connectivity index (χ1v) is 10.6. The Morgan fingerprint density at radius 1 is 1.41 bits per heavy atom. The summed E-state index contributed by atoms with van der Waals surface area (Å²) in [6, 6.07) is 4.01. The van der Waals surface area contributed by atoms with Gasteiger partial charge in [0.15, 0.2) is 0 Å². The molecule has 0 aliphatic carbocycles. The Labute approximate surface area is 174 Å². The van der Waals surface area contributed by atoms with Gasteiger partial charge >= 0.3 is 6.09 Å². The fourth-order valence-electron chi connectivity index (χ4n) is 3.86. The summed E-state index contributed by atoms with van der Waals surface area (Å²) in [5.41, 5.74) is 5.96. The van der Waals surface area contributed by atoms with Gasteiger partial charge in [0.1, 0.15) is 5.60 Å². The highest BCUT2D eigenvalue weighted by atomic mass is 16.6. The monoisotopic (exact) mass is 404 g/mol. The number of nitrogens with zero attached hydrogens (tertiary/aromatic N) is 2. The van der Waals surface area contributed by atoms with Crippen molar-refractivity contribution in [3.8, 4) is 0 Å². The molecular formula is C22H36N4O3. The lowest BCUT2D eigenvalue weighted by Gasteiger charge is -2.35. The van der Waals surface area contributed by atoms with Gasteiger partial charge in [0.2, 0.25) is 5.91 Å². The third kappa shape index (κ3) is 9.74. The number of pyridine rings is 1. The number of nitrogens with two attached hydrogens (primary N) is 1. The number of ether oxygens (including phenoxy) is 1. The largest absolute Gasteiger partial charge is 0.444 e. The van der Waals surface area contributed by atoms with E-state index in [1.165, 1.54) is 0 Å². The van der Waals surface area contributed by atoms with E-state index < -0.39 is 5.60 Å². The SMILES string of the molecule is CC(C)(C)OC(=O)NC[C@H](Cc1cccnc1)CN1CCC[C@@H](CCC(N)=O)C1. The van der Waals surface area contributed by atoms with E-state index in [1.54, 1.807) is 6.20 Å². The zero-order valence-corrected chi connectivity index (χ0v) is 18.0. The minimum atomic E-state index is -0.510. The number of nitrogens with one attached hydrogen (secondary N) is 1. The van der Waals surface area contributed by atoms with Gasteiger partial charge in [-0.3, -0.25) is 9.78 Å². The van der Waals surface area contributed by atoms with Crippen LogP contribution in [0.1, 0.15) is 52.0 Å². The molecule has 0 aromatic carbocycles. The van der Waals surface area contributed by atoms with Crippen LogP contribution in [0.4, 0.5) is 4.79 Å². The molecule has 1 aromatic heterocycles. The average Bonchev–Trinajstić information content (AvgIpc) is 2.64. The standard InChI is InChI=1S/C22H36N4O3/c1-22(2,3)29-21(28)25-14-19(12-18-6-4-10-24-13-18)16-26-11-5-7-17(15-26)8-9-20(23)27/h4,6,10,13,17,19H,5,7-9,11-12,14-16H2,1-3H3,(H2,23,27)(H,25,28)/t17-,19-/m0/s1. The second kappa shape index (κ2) is 11.1. The van der Waals surface area contributed by atoms with Crippen LogP contribution < -0.4 is 11.1 Å². The Hall–Kier alpha value is -2.15. The van der Waals surface area contributed by atoms with Gasteiger partial charge in [0, 0.05) is 38.4 Å². The van der Waals surface area contributed by atoms with Gasteiger partial charge in [-0.15, -0.1) is 0 Å². The number of rotatable bonds is 9. The Balaban J connectivity index is 1.93. The highest BCUT2D eigenvalue weighted by Crippen LogP contribution is 2.22. The molecule has 0 saturated carbocycles. The van der Waals surface area contributed by atoms with Crippen LogP contribution in [0.15, 0.2) is 24.5 Å². The molecule has 0 radical (unpaired) electrons. The molecule has 1 aromatic rings. The number of carbonyl (C=O) groups excluding carboxylic acids is 2. The van der Waals surface area contributed by atoms with Crippen molar-refractivity contribution >= 4 is 12.0 Å². The number of piperidine rings is 1. The van der Waals surface area contributed by atoms with Crippen molar-refractivity contribution in [3.05, 3.63) is 30.1 Å². The lowest BCUT2D eigenvalue weighted by molar-refractivity contribution is -0.118. The van der Waals surface area contributed by atoms with Gasteiger partial charge in [0.05, 0.1) is 0 Å². The number of amides is 2. The van der Waals surface area contributed by atoms with Crippen molar-refractivity contribution in [2.45, 2.75) is 58.5 Å². The van der Waals surface area contributed by atoms with E-state index in [0.29, 0.717) is 18.9 Å². The summed E-state index contributed by atoms with van der Waals surface area (Å²) in [6.07, 6.45) is 7.69. The molecular weight excluding hydrogens is 368 g/mol. The third-order valence-electron chi connectivity index (χ3n) is 5.10. The zero-order valence-electron chi connectivity index (χ0n) is 18.0. The minimum absolute atomic E-state index is 0.224. The van der Waals surface area contributed by atoms with Gasteiger partial charge in [-0.05, 0) is 76.5 Å². The van der Waals surface area contributed by atoms with Crippen molar-refractivity contribution in [2.24, 2.45) is 17.6 Å². The molecule has 1 saturated heterocycles. The van der Waals surface area contributed by atoms with Crippen LogP contribution in [0, 0.1) is 11.8 Å². The highest BCUT2D eigenvalue weighted by molar-refractivity contribution is 5.73. The van der Waals surface area contributed by atoms with Gasteiger partial charge in [-0.25, -0.2) is 4.79 Å². The summed E-state index contributed by atoms with van der Waals surface area (Å²) in [7, 11) is 0. The summed E-state index contributed by atoms with van der Waals surface area (Å²) >= 11 is 0. The number of alkyl carbamates (subject to hydrolysis) is 1. The van der Waals surface area contributed by atoms with Crippen molar-refractivity contribution in [1.29, 1.82) is 0 Å². The van der Waals surface area contributed by atoms with E-state index in [2.05, 4.69) is 21.3 Å². The van der Waals surface area contributed by atoms with Gasteiger partial charge in [0.25, 0.3) is 0 Å². The first kappa shape index (κ1) is 23.1.